The first-order valence-electron chi connectivity index (χ1n) is 8.81. The average Bonchev–Trinajstić information content (AvgIpc) is 3.08. The number of imidazole rings is 1. The fourth-order valence-electron chi connectivity index (χ4n) is 3.43. The van der Waals surface area contributed by atoms with Crippen LogP contribution in [0.5, 0.6) is 0 Å². The monoisotopic (exact) mass is 350 g/mol. The first kappa shape index (κ1) is 16.6. The SMILES string of the molecule is Cn1cnc(CN2CCCC(c3nccnc3Nc3cnccn3)C2)c1. The quantitative estimate of drug-likeness (QED) is 0.754. The Hall–Kier alpha value is -2.87. The zero-order valence-corrected chi connectivity index (χ0v) is 14.8. The molecule has 0 spiro atoms. The lowest BCUT2D eigenvalue weighted by Gasteiger charge is -2.32. The van der Waals surface area contributed by atoms with E-state index in [0.717, 1.165) is 49.7 Å². The van der Waals surface area contributed by atoms with Crippen LogP contribution in [0.15, 0.2) is 43.5 Å². The van der Waals surface area contributed by atoms with Gasteiger partial charge in [0.2, 0.25) is 0 Å². The molecule has 3 aromatic heterocycles. The zero-order valence-electron chi connectivity index (χ0n) is 14.8. The number of nitrogens with zero attached hydrogens (tertiary/aromatic N) is 7. The number of aromatic nitrogens is 6. The van der Waals surface area contributed by atoms with Crippen LogP contribution < -0.4 is 5.32 Å². The van der Waals surface area contributed by atoms with Gasteiger partial charge in [0, 0.05) is 57.0 Å². The number of piperidine rings is 1. The fourth-order valence-corrected chi connectivity index (χ4v) is 3.43. The van der Waals surface area contributed by atoms with Crippen molar-refractivity contribution < 1.29 is 0 Å². The van der Waals surface area contributed by atoms with E-state index in [1.54, 1.807) is 31.0 Å². The second-order valence-corrected chi connectivity index (χ2v) is 6.61. The minimum atomic E-state index is 0.334. The molecule has 1 fully saturated rings. The molecule has 26 heavy (non-hydrogen) atoms. The summed E-state index contributed by atoms with van der Waals surface area (Å²) in [5.41, 5.74) is 2.09. The number of hydrogen-bond donors (Lipinski definition) is 1. The Kier molecular flexibility index (Phi) is 4.83. The van der Waals surface area contributed by atoms with Crippen LogP contribution in [0.1, 0.15) is 30.1 Å². The number of anilines is 2. The molecule has 0 radical (unpaired) electrons. The van der Waals surface area contributed by atoms with Gasteiger partial charge in [-0.15, -0.1) is 0 Å². The third kappa shape index (κ3) is 3.85. The lowest BCUT2D eigenvalue weighted by Crippen LogP contribution is -2.34. The molecule has 1 unspecified atom stereocenters. The van der Waals surface area contributed by atoms with Gasteiger partial charge in [-0.2, -0.15) is 0 Å². The molecule has 3 aromatic rings. The largest absolute Gasteiger partial charge is 0.340 e. The Balaban J connectivity index is 1.49. The Morgan fingerprint density at radius 1 is 1.12 bits per heavy atom. The van der Waals surface area contributed by atoms with Gasteiger partial charge in [0.05, 0.1) is 23.9 Å². The predicted molar refractivity (Wildman–Crippen MR) is 97.8 cm³/mol. The van der Waals surface area contributed by atoms with Gasteiger partial charge < -0.3 is 9.88 Å². The van der Waals surface area contributed by atoms with E-state index >= 15 is 0 Å². The van der Waals surface area contributed by atoms with E-state index in [0.29, 0.717) is 11.7 Å². The Morgan fingerprint density at radius 2 is 2.00 bits per heavy atom. The second-order valence-electron chi connectivity index (χ2n) is 6.61. The summed E-state index contributed by atoms with van der Waals surface area (Å²) in [5, 5.41) is 3.26. The molecule has 1 atom stereocenters. The van der Waals surface area contributed by atoms with Gasteiger partial charge in [-0.05, 0) is 19.4 Å². The number of hydrogen-bond acceptors (Lipinski definition) is 7. The zero-order chi connectivity index (χ0) is 17.8. The smallest absolute Gasteiger partial charge is 0.153 e. The minimum Gasteiger partial charge on any atom is -0.340 e. The maximum Gasteiger partial charge on any atom is 0.153 e. The lowest BCUT2D eigenvalue weighted by atomic mass is 9.94. The Bertz CT molecular complexity index is 847. The van der Waals surface area contributed by atoms with Crippen molar-refractivity contribution in [2.45, 2.75) is 25.3 Å². The van der Waals surface area contributed by atoms with Gasteiger partial charge in [-0.25, -0.2) is 15.0 Å². The van der Waals surface area contributed by atoms with E-state index in [2.05, 4.69) is 41.3 Å². The van der Waals surface area contributed by atoms with Crippen LogP contribution in [-0.2, 0) is 13.6 Å². The van der Waals surface area contributed by atoms with Crippen LogP contribution in [0.4, 0.5) is 11.6 Å². The summed E-state index contributed by atoms with van der Waals surface area (Å²) in [6.45, 7) is 2.90. The number of nitrogens with one attached hydrogen (secondary N) is 1. The van der Waals surface area contributed by atoms with Crippen molar-refractivity contribution in [2.75, 3.05) is 18.4 Å². The van der Waals surface area contributed by atoms with E-state index in [9.17, 15) is 0 Å². The van der Waals surface area contributed by atoms with Crippen LogP contribution in [-0.4, -0.2) is 47.5 Å². The summed E-state index contributed by atoms with van der Waals surface area (Å²) in [6.07, 6.45) is 14.6. The van der Waals surface area contributed by atoms with Gasteiger partial charge in [0.25, 0.3) is 0 Å². The van der Waals surface area contributed by atoms with Crippen LogP contribution in [0, 0.1) is 0 Å². The van der Waals surface area contributed by atoms with Crippen LogP contribution in [0.3, 0.4) is 0 Å². The molecule has 0 aromatic carbocycles. The highest BCUT2D eigenvalue weighted by Crippen LogP contribution is 2.30. The molecule has 1 saturated heterocycles. The highest BCUT2D eigenvalue weighted by atomic mass is 15.2. The van der Waals surface area contributed by atoms with Gasteiger partial charge >= 0.3 is 0 Å². The normalized spacial score (nSPS) is 18.0. The molecule has 0 amide bonds. The van der Waals surface area contributed by atoms with Crippen molar-refractivity contribution in [3.63, 3.8) is 0 Å². The maximum atomic E-state index is 4.62. The van der Waals surface area contributed by atoms with Crippen LogP contribution in [0.2, 0.25) is 0 Å². The molecular formula is C18H22N8. The van der Waals surface area contributed by atoms with E-state index < -0.39 is 0 Å². The van der Waals surface area contributed by atoms with Crippen molar-refractivity contribution in [3.8, 4) is 0 Å². The Labute approximate surface area is 152 Å². The predicted octanol–water partition coefficient (Wildman–Crippen LogP) is 2.12. The summed E-state index contributed by atoms with van der Waals surface area (Å²) in [4.78, 5) is 24.4. The van der Waals surface area contributed by atoms with Gasteiger partial charge in [0.15, 0.2) is 5.82 Å². The molecule has 1 aliphatic rings. The van der Waals surface area contributed by atoms with Crippen LogP contribution >= 0.6 is 0 Å². The molecule has 8 heteroatoms. The highest BCUT2D eigenvalue weighted by molar-refractivity contribution is 5.53. The second kappa shape index (κ2) is 7.57. The van der Waals surface area contributed by atoms with Gasteiger partial charge in [-0.1, -0.05) is 0 Å². The first-order chi connectivity index (χ1) is 12.8. The van der Waals surface area contributed by atoms with Crippen molar-refractivity contribution in [3.05, 3.63) is 54.9 Å². The lowest BCUT2D eigenvalue weighted by molar-refractivity contribution is 0.197. The molecule has 134 valence electrons. The molecule has 1 aliphatic heterocycles. The summed E-state index contributed by atoms with van der Waals surface area (Å²) in [5.74, 6) is 1.77. The molecule has 4 rings (SSSR count). The molecule has 1 N–H and O–H groups in total. The van der Waals surface area contributed by atoms with Gasteiger partial charge in [-0.3, -0.25) is 14.9 Å². The summed E-state index contributed by atoms with van der Waals surface area (Å²) < 4.78 is 1.99. The summed E-state index contributed by atoms with van der Waals surface area (Å²) in [7, 11) is 2.00. The number of likely N-dealkylation sites (tertiary alicyclic amines) is 1. The molecule has 0 bridgehead atoms. The van der Waals surface area contributed by atoms with Crippen molar-refractivity contribution in [2.24, 2.45) is 7.05 Å². The molecule has 4 heterocycles. The van der Waals surface area contributed by atoms with E-state index in [1.165, 1.54) is 0 Å². The third-order valence-electron chi connectivity index (χ3n) is 4.57. The third-order valence-corrected chi connectivity index (χ3v) is 4.57. The molecular weight excluding hydrogens is 328 g/mol. The molecule has 0 saturated carbocycles. The standard InChI is InChI=1S/C18H22N8/c1-25-11-15(23-13-25)12-26-8-2-3-14(10-26)17-18(22-7-6-21-17)24-16-9-19-4-5-20-16/h4-7,9,11,13-14H,2-3,8,10,12H2,1H3,(H,20,22,24). The maximum absolute atomic E-state index is 4.62. The average molecular weight is 350 g/mol. The minimum absolute atomic E-state index is 0.334. The topological polar surface area (TPSA) is 84.7 Å². The number of aryl methyl sites for hydroxylation is 1. The molecule has 8 nitrogen and oxygen atoms in total. The first-order valence-corrected chi connectivity index (χ1v) is 8.81. The van der Waals surface area contributed by atoms with Crippen LogP contribution in [0.25, 0.3) is 0 Å². The number of rotatable bonds is 5. The van der Waals surface area contributed by atoms with Crippen molar-refractivity contribution >= 4 is 11.6 Å². The fraction of sp³-hybridized carbons (Fsp3) is 0.389. The Morgan fingerprint density at radius 3 is 2.81 bits per heavy atom. The van der Waals surface area contributed by atoms with E-state index in [4.69, 9.17) is 0 Å². The summed E-state index contributed by atoms with van der Waals surface area (Å²) >= 11 is 0. The van der Waals surface area contributed by atoms with Crippen molar-refractivity contribution in [1.82, 2.24) is 34.4 Å². The highest BCUT2D eigenvalue weighted by Gasteiger charge is 2.25. The molecule has 0 aliphatic carbocycles. The summed E-state index contributed by atoms with van der Waals surface area (Å²) in [6, 6.07) is 0. The van der Waals surface area contributed by atoms with Gasteiger partial charge in [0.1, 0.15) is 5.82 Å². The van der Waals surface area contributed by atoms with Crippen molar-refractivity contribution in [1.29, 1.82) is 0 Å². The van der Waals surface area contributed by atoms with E-state index in [-0.39, 0.29) is 0 Å². The van der Waals surface area contributed by atoms with E-state index in [1.807, 2.05) is 17.9 Å².